The summed E-state index contributed by atoms with van der Waals surface area (Å²) in [5.41, 5.74) is 2.50. The average molecular weight is 505 g/mol. The summed E-state index contributed by atoms with van der Waals surface area (Å²) >= 11 is 8.12. The summed E-state index contributed by atoms with van der Waals surface area (Å²) in [7, 11) is 0. The van der Waals surface area contributed by atoms with Gasteiger partial charge in [-0.25, -0.2) is 0 Å². The van der Waals surface area contributed by atoms with Crippen molar-refractivity contribution in [2.24, 2.45) is 0 Å². The lowest BCUT2D eigenvalue weighted by atomic mass is 10.2. The highest BCUT2D eigenvalue weighted by Gasteiger charge is 2.23. The Hall–Kier alpha value is -1.77. The number of aliphatic carboxylic acids is 1. The van der Waals surface area contributed by atoms with E-state index in [9.17, 15) is 9.90 Å². The molecule has 8 heteroatoms. The number of nitrogens with zero attached hydrogens (tertiary/aromatic N) is 3. The number of halogens is 1. The van der Waals surface area contributed by atoms with Crippen molar-refractivity contribution in [2.45, 2.75) is 42.4 Å². The normalized spacial score (nSPS) is 15.8. The Labute approximate surface area is 212 Å². The summed E-state index contributed by atoms with van der Waals surface area (Å²) in [6, 6.07) is 14.8. The molecule has 1 N–H and O–H groups in total. The summed E-state index contributed by atoms with van der Waals surface area (Å²) < 4.78 is 0. The maximum Gasteiger partial charge on any atom is 0.0567 e. The van der Waals surface area contributed by atoms with Crippen molar-refractivity contribution in [2.75, 3.05) is 57.3 Å². The first kappa shape index (κ1) is 26.8. The zero-order chi connectivity index (χ0) is 24.3. The number of carboxylic acids is 1. The number of fused-ring (bicyclic) bond motifs is 2. The maximum absolute atomic E-state index is 9.65. The minimum atomic E-state index is -0.943. The van der Waals surface area contributed by atoms with Crippen LogP contribution in [0.15, 0.2) is 52.3 Å². The number of aliphatic hydroxyl groups excluding tert-OH is 1. The van der Waals surface area contributed by atoms with E-state index in [-0.39, 0.29) is 13.0 Å². The van der Waals surface area contributed by atoms with Crippen LogP contribution in [0.25, 0.3) is 0 Å². The number of benzene rings is 2. The van der Waals surface area contributed by atoms with Gasteiger partial charge in [0, 0.05) is 60.1 Å². The Balaban J connectivity index is 0.000000406. The van der Waals surface area contributed by atoms with Crippen LogP contribution in [0.2, 0.25) is 5.02 Å². The molecule has 0 radical (unpaired) electrons. The van der Waals surface area contributed by atoms with Crippen LogP contribution in [0.1, 0.15) is 32.6 Å². The number of hydrogen-bond acceptors (Lipinski definition) is 7. The first-order valence-electron chi connectivity index (χ1n) is 12.1. The Bertz CT molecular complexity index is 922. The third-order valence-electron chi connectivity index (χ3n) is 6.06. The molecule has 2 aromatic rings. The van der Waals surface area contributed by atoms with E-state index in [0.717, 1.165) is 70.1 Å². The molecule has 2 aliphatic rings. The highest BCUT2D eigenvalue weighted by molar-refractivity contribution is 7.99. The van der Waals surface area contributed by atoms with Gasteiger partial charge in [0.05, 0.1) is 18.0 Å². The summed E-state index contributed by atoms with van der Waals surface area (Å²) in [6.45, 7) is 9.40. The van der Waals surface area contributed by atoms with Crippen LogP contribution in [-0.4, -0.2) is 73.3 Å². The SMILES string of the molecule is CCCCC(=O)[O-].OCCN1CCN(CCCN2c3ccccc3Sc3ccc(Cl)cc32)CC1. The van der Waals surface area contributed by atoms with E-state index in [0.29, 0.717) is 0 Å². The Morgan fingerprint density at radius 2 is 1.65 bits per heavy atom. The molecule has 1 fully saturated rings. The van der Waals surface area contributed by atoms with Crippen molar-refractivity contribution < 1.29 is 15.0 Å². The number of β-amino-alcohol motifs (C(OH)–C–C–N with tert-alkyl or cyclic N) is 1. The van der Waals surface area contributed by atoms with Crippen molar-refractivity contribution in [1.29, 1.82) is 0 Å². The molecular weight excluding hydrogens is 470 g/mol. The van der Waals surface area contributed by atoms with Gasteiger partial charge in [-0.3, -0.25) is 4.90 Å². The van der Waals surface area contributed by atoms with E-state index in [1.54, 1.807) is 0 Å². The second-order valence-corrected chi connectivity index (χ2v) is 10.1. The monoisotopic (exact) mass is 504 g/mol. The van der Waals surface area contributed by atoms with Crippen LogP contribution in [0.3, 0.4) is 0 Å². The van der Waals surface area contributed by atoms with Gasteiger partial charge in [0.25, 0.3) is 0 Å². The maximum atomic E-state index is 9.65. The number of rotatable bonds is 9. The smallest absolute Gasteiger partial charge is 0.0567 e. The molecule has 0 aromatic heterocycles. The second-order valence-electron chi connectivity index (χ2n) is 8.57. The van der Waals surface area contributed by atoms with Crippen LogP contribution in [0.4, 0.5) is 11.4 Å². The Kier molecular flexibility index (Phi) is 11.0. The first-order valence-corrected chi connectivity index (χ1v) is 13.3. The lowest BCUT2D eigenvalue weighted by molar-refractivity contribution is -0.305. The van der Waals surface area contributed by atoms with E-state index in [1.165, 1.54) is 21.2 Å². The molecule has 186 valence electrons. The van der Waals surface area contributed by atoms with Gasteiger partial charge < -0.3 is 24.8 Å². The van der Waals surface area contributed by atoms with Crippen LogP contribution >= 0.6 is 23.4 Å². The molecule has 0 spiro atoms. The van der Waals surface area contributed by atoms with Crippen molar-refractivity contribution in [1.82, 2.24) is 9.80 Å². The van der Waals surface area contributed by atoms with Gasteiger partial charge in [-0.15, -0.1) is 0 Å². The van der Waals surface area contributed by atoms with Crippen molar-refractivity contribution in [3.8, 4) is 0 Å². The lowest BCUT2D eigenvalue weighted by Gasteiger charge is -2.36. The zero-order valence-corrected chi connectivity index (χ0v) is 21.5. The fraction of sp³-hybridized carbons (Fsp3) is 0.500. The van der Waals surface area contributed by atoms with Crippen LogP contribution in [-0.2, 0) is 4.79 Å². The minimum Gasteiger partial charge on any atom is -0.550 e. The summed E-state index contributed by atoms with van der Waals surface area (Å²) in [5.74, 6) is -0.943. The van der Waals surface area contributed by atoms with Gasteiger partial charge >= 0.3 is 0 Å². The topological polar surface area (TPSA) is 70.1 Å². The number of piperazine rings is 1. The number of carboxylic acid groups (broad SMARTS) is 1. The third-order valence-corrected chi connectivity index (χ3v) is 7.42. The van der Waals surface area contributed by atoms with Gasteiger partial charge in [0.15, 0.2) is 0 Å². The zero-order valence-electron chi connectivity index (χ0n) is 19.9. The largest absolute Gasteiger partial charge is 0.550 e. The van der Waals surface area contributed by atoms with Crippen LogP contribution in [0, 0.1) is 0 Å². The molecule has 0 amide bonds. The molecule has 0 saturated carbocycles. The van der Waals surface area contributed by atoms with Gasteiger partial charge in [-0.2, -0.15) is 0 Å². The fourth-order valence-electron chi connectivity index (χ4n) is 4.19. The van der Waals surface area contributed by atoms with E-state index in [1.807, 2.05) is 24.8 Å². The Morgan fingerprint density at radius 3 is 2.29 bits per heavy atom. The molecular formula is C26H35ClN3O3S-. The molecule has 6 nitrogen and oxygen atoms in total. The number of carbonyl (C=O) groups excluding carboxylic acids is 1. The van der Waals surface area contributed by atoms with Gasteiger partial charge in [0.1, 0.15) is 0 Å². The number of anilines is 2. The van der Waals surface area contributed by atoms with Crippen LogP contribution < -0.4 is 10.0 Å². The van der Waals surface area contributed by atoms with Crippen LogP contribution in [0.5, 0.6) is 0 Å². The predicted octanol–water partition coefficient (Wildman–Crippen LogP) is 3.87. The molecule has 34 heavy (non-hydrogen) atoms. The molecule has 0 aliphatic carbocycles. The van der Waals surface area contributed by atoms with Crippen molar-refractivity contribution in [3.05, 3.63) is 47.5 Å². The predicted molar refractivity (Wildman–Crippen MR) is 138 cm³/mol. The van der Waals surface area contributed by atoms with E-state index >= 15 is 0 Å². The molecule has 1 saturated heterocycles. The molecule has 2 aliphatic heterocycles. The number of para-hydroxylation sites is 1. The lowest BCUT2D eigenvalue weighted by Crippen LogP contribution is -2.47. The number of hydrogen-bond donors (Lipinski definition) is 1. The molecule has 4 rings (SSSR count). The van der Waals surface area contributed by atoms with Crippen molar-refractivity contribution in [3.63, 3.8) is 0 Å². The Morgan fingerprint density at radius 1 is 0.971 bits per heavy atom. The van der Waals surface area contributed by atoms with Crippen molar-refractivity contribution >= 4 is 40.7 Å². The van der Waals surface area contributed by atoms with E-state index < -0.39 is 5.97 Å². The second kappa shape index (κ2) is 14.0. The molecule has 2 aromatic carbocycles. The van der Waals surface area contributed by atoms with E-state index in [2.05, 4.69) is 51.1 Å². The first-order chi connectivity index (χ1) is 16.5. The van der Waals surface area contributed by atoms with Gasteiger partial charge in [-0.1, -0.05) is 48.8 Å². The highest BCUT2D eigenvalue weighted by atomic mass is 35.5. The summed E-state index contributed by atoms with van der Waals surface area (Å²) in [6.07, 6.45) is 2.98. The van der Waals surface area contributed by atoms with Gasteiger partial charge in [0.2, 0.25) is 0 Å². The number of aliphatic hydroxyl groups is 1. The quantitative estimate of drug-likeness (QED) is 0.555. The summed E-state index contributed by atoms with van der Waals surface area (Å²) in [5, 5.41) is 19.5. The minimum absolute atomic E-state index is 0.205. The molecule has 2 heterocycles. The summed E-state index contributed by atoms with van der Waals surface area (Å²) in [4.78, 5) is 19.5. The standard InChI is InChI=1S/C21H26ClN3OS.C5H10O2/c22-17-6-7-21-19(16-17)25(18-4-1-2-5-20(18)27-21)9-3-8-23-10-12-24(13-11-23)14-15-26;1-2-3-4-5(6)7/h1-2,4-7,16,26H,3,8-15H2;2-4H2,1H3,(H,6,7)/p-1. The molecule has 0 unspecified atom stereocenters. The molecule has 0 atom stereocenters. The fourth-order valence-corrected chi connectivity index (χ4v) is 5.44. The molecule has 0 bridgehead atoms. The highest BCUT2D eigenvalue weighted by Crippen LogP contribution is 2.48. The van der Waals surface area contributed by atoms with E-state index in [4.69, 9.17) is 16.7 Å². The third kappa shape index (κ3) is 7.89. The number of unbranched alkanes of at least 4 members (excludes halogenated alkanes) is 1. The number of carbonyl (C=O) groups is 1. The average Bonchev–Trinajstić information content (AvgIpc) is 2.84. The van der Waals surface area contributed by atoms with Gasteiger partial charge in [-0.05, 0) is 56.1 Å².